The van der Waals surface area contributed by atoms with Gasteiger partial charge in [-0.1, -0.05) is 27.7 Å². The summed E-state index contributed by atoms with van der Waals surface area (Å²) in [5, 5.41) is 9.54. The van der Waals surface area contributed by atoms with E-state index in [1.807, 2.05) is 6.92 Å². The van der Waals surface area contributed by atoms with E-state index in [4.69, 9.17) is 9.16 Å². The van der Waals surface area contributed by atoms with E-state index >= 15 is 0 Å². The van der Waals surface area contributed by atoms with Crippen molar-refractivity contribution >= 4 is 8.32 Å². The highest BCUT2D eigenvalue weighted by atomic mass is 28.4. The van der Waals surface area contributed by atoms with Gasteiger partial charge in [-0.3, -0.25) is 0 Å². The molecule has 0 bridgehead atoms. The fourth-order valence-electron chi connectivity index (χ4n) is 2.26. The second-order valence-electron chi connectivity index (χ2n) is 8.03. The van der Waals surface area contributed by atoms with Gasteiger partial charge in [0.05, 0.1) is 12.2 Å². The van der Waals surface area contributed by atoms with Gasteiger partial charge in [0.15, 0.2) is 8.32 Å². The predicted molar refractivity (Wildman–Crippen MR) is 101 cm³/mol. The highest BCUT2D eigenvalue weighted by Crippen LogP contribution is 2.38. The zero-order valence-corrected chi connectivity index (χ0v) is 17.5. The molecule has 0 aromatic carbocycles. The van der Waals surface area contributed by atoms with Crippen LogP contribution in [0, 0.1) is 17.8 Å². The Hall–Kier alpha value is -0.343. The normalized spacial score (nSPS) is 16.4. The number of aliphatic hydroxyl groups is 1. The number of methoxy groups -OCH3 is 1. The summed E-state index contributed by atoms with van der Waals surface area (Å²) in [6.45, 7) is 15.5. The average molecular weight is 343 g/mol. The molecule has 0 spiro atoms. The van der Waals surface area contributed by atoms with Crippen LogP contribution >= 0.6 is 0 Å². The maximum atomic E-state index is 9.36. The Labute approximate surface area is 145 Å². The molecule has 4 heteroatoms. The zero-order chi connectivity index (χ0) is 18.1. The lowest BCUT2D eigenvalue weighted by Gasteiger charge is -2.41. The van der Waals surface area contributed by atoms with Crippen LogP contribution in [-0.2, 0) is 9.16 Å². The van der Waals surface area contributed by atoms with Crippen LogP contribution in [0.25, 0.3) is 0 Å². The van der Waals surface area contributed by atoms with E-state index in [2.05, 4.69) is 52.6 Å². The van der Waals surface area contributed by atoms with Gasteiger partial charge in [-0.15, -0.1) is 11.8 Å². The minimum atomic E-state index is -1.86. The van der Waals surface area contributed by atoms with E-state index in [1.54, 1.807) is 7.11 Å². The SMILES string of the molecule is CC#CCCC[C@H](O[Si](C)(C)C(C)(C)C)[C@H](C[C@H](C)CO)OC. The van der Waals surface area contributed by atoms with Gasteiger partial charge >= 0.3 is 0 Å². The van der Waals surface area contributed by atoms with Crippen molar-refractivity contribution in [3.8, 4) is 11.8 Å². The first-order valence-corrected chi connectivity index (χ1v) is 11.7. The van der Waals surface area contributed by atoms with Gasteiger partial charge in [-0.05, 0) is 50.2 Å². The molecule has 0 heterocycles. The zero-order valence-electron chi connectivity index (χ0n) is 16.5. The van der Waals surface area contributed by atoms with E-state index < -0.39 is 8.32 Å². The molecular weight excluding hydrogens is 304 g/mol. The van der Waals surface area contributed by atoms with Crippen molar-refractivity contribution in [2.24, 2.45) is 5.92 Å². The van der Waals surface area contributed by atoms with Crippen molar-refractivity contribution in [3.63, 3.8) is 0 Å². The third-order valence-electron chi connectivity index (χ3n) is 4.88. The molecule has 0 aromatic heterocycles. The Morgan fingerprint density at radius 1 is 1.17 bits per heavy atom. The molecule has 0 aliphatic heterocycles. The predicted octanol–water partition coefficient (Wildman–Crippen LogP) is 4.60. The highest BCUT2D eigenvalue weighted by Gasteiger charge is 2.40. The second kappa shape index (κ2) is 10.5. The van der Waals surface area contributed by atoms with Gasteiger partial charge in [0.2, 0.25) is 0 Å². The molecule has 0 radical (unpaired) electrons. The highest BCUT2D eigenvalue weighted by molar-refractivity contribution is 6.74. The largest absolute Gasteiger partial charge is 0.411 e. The quantitative estimate of drug-likeness (QED) is 0.358. The van der Waals surface area contributed by atoms with Crippen LogP contribution in [0.4, 0.5) is 0 Å². The fourth-order valence-corrected chi connectivity index (χ4v) is 3.64. The molecule has 0 rings (SSSR count). The molecule has 0 saturated heterocycles. The second-order valence-corrected chi connectivity index (χ2v) is 12.8. The summed E-state index contributed by atoms with van der Waals surface area (Å²) in [5.41, 5.74) is 0. The van der Waals surface area contributed by atoms with E-state index in [9.17, 15) is 5.11 Å². The van der Waals surface area contributed by atoms with Crippen molar-refractivity contribution in [1.82, 2.24) is 0 Å². The summed E-state index contributed by atoms with van der Waals surface area (Å²) in [5.74, 6) is 6.31. The Morgan fingerprint density at radius 2 is 1.78 bits per heavy atom. The smallest absolute Gasteiger partial charge is 0.192 e. The van der Waals surface area contributed by atoms with E-state index in [0.717, 1.165) is 25.7 Å². The summed E-state index contributed by atoms with van der Waals surface area (Å²) in [6, 6.07) is 0. The van der Waals surface area contributed by atoms with E-state index in [-0.39, 0.29) is 29.8 Å². The summed E-state index contributed by atoms with van der Waals surface area (Å²) < 4.78 is 12.4. The maximum absolute atomic E-state index is 9.36. The lowest BCUT2D eigenvalue weighted by Crippen LogP contribution is -2.47. The number of ether oxygens (including phenoxy) is 1. The summed E-state index contributed by atoms with van der Waals surface area (Å²) in [7, 11) is -0.103. The third kappa shape index (κ3) is 8.35. The lowest BCUT2D eigenvalue weighted by atomic mass is 9.97. The van der Waals surface area contributed by atoms with Crippen molar-refractivity contribution in [1.29, 1.82) is 0 Å². The minimum absolute atomic E-state index is 0.0286. The van der Waals surface area contributed by atoms with E-state index in [0.29, 0.717) is 0 Å². The molecular formula is C19H38O3Si. The van der Waals surface area contributed by atoms with Gasteiger partial charge in [0, 0.05) is 20.1 Å². The van der Waals surface area contributed by atoms with Crippen molar-refractivity contribution in [2.75, 3.05) is 13.7 Å². The molecule has 136 valence electrons. The van der Waals surface area contributed by atoms with E-state index in [1.165, 1.54) is 0 Å². The van der Waals surface area contributed by atoms with Crippen LogP contribution in [0.3, 0.4) is 0 Å². The number of aliphatic hydroxyl groups excluding tert-OH is 1. The van der Waals surface area contributed by atoms with Crippen LogP contribution in [0.1, 0.15) is 60.3 Å². The minimum Gasteiger partial charge on any atom is -0.411 e. The van der Waals surface area contributed by atoms with Crippen LogP contribution in [0.5, 0.6) is 0 Å². The molecule has 0 aliphatic rings. The first-order valence-electron chi connectivity index (χ1n) is 8.80. The van der Waals surface area contributed by atoms with Crippen LogP contribution in [0.15, 0.2) is 0 Å². The van der Waals surface area contributed by atoms with Gasteiger partial charge in [0.25, 0.3) is 0 Å². The lowest BCUT2D eigenvalue weighted by molar-refractivity contribution is -0.0249. The molecule has 0 unspecified atom stereocenters. The molecule has 0 aliphatic carbocycles. The summed E-state index contributed by atoms with van der Waals surface area (Å²) in [6.07, 6.45) is 3.81. The molecule has 0 aromatic rings. The third-order valence-corrected chi connectivity index (χ3v) is 9.39. The summed E-state index contributed by atoms with van der Waals surface area (Å²) >= 11 is 0. The van der Waals surface area contributed by atoms with Crippen molar-refractivity contribution in [2.45, 2.75) is 90.6 Å². The fraction of sp³-hybridized carbons (Fsp3) is 0.895. The number of hydrogen-bond acceptors (Lipinski definition) is 3. The summed E-state index contributed by atoms with van der Waals surface area (Å²) in [4.78, 5) is 0. The Bertz CT molecular complexity index is 376. The Morgan fingerprint density at radius 3 is 2.22 bits per heavy atom. The molecule has 23 heavy (non-hydrogen) atoms. The first kappa shape index (κ1) is 22.7. The molecule has 0 saturated carbocycles. The molecule has 1 N–H and O–H groups in total. The van der Waals surface area contributed by atoms with Crippen LogP contribution < -0.4 is 0 Å². The van der Waals surface area contributed by atoms with Gasteiger partial charge in [-0.2, -0.15) is 0 Å². The molecule has 0 fully saturated rings. The monoisotopic (exact) mass is 342 g/mol. The molecule has 3 atom stereocenters. The van der Waals surface area contributed by atoms with Crippen molar-refractivity contribution in [3.05, 3.63) is 0 Å². The van der Waals surface area contributed by atoms with Crippen molar-refractivity contribution < 1.29 is 14.3 Å². The number of rotatable bonds is 10. The van der Waals surface area contributed by atoms with Gasteiger partial charge in [-0.25, -0.2) is 0 Å². The first-order chi connectivity index (χ1) is 10.6. The van der Waals surface area contributed by atoms with Gasteiger partial charge in [0.1, 0.15) is 0 Å². The Kier molecular flexibility index (Phi) is 10.4. The Balaban J connectivity index is 5.06. The van der Waals surface area contributed by atoms with Crippen LogP contribution in [0.2, 0.25) is 18.1 Å². The maximum Gasteiger partial charge on any atom is 0.192 e. The number of hydrogen-bond donors (Lipinski definition) is 1. The van der Waals surface area contributed by atoms with Gasteiger partial charge < -0.3 is 14.3 Å². The standard InChI is InChI=1S/C19H38O3Si/c1-9-10-11-12-13-17(18(21-6)14-16(2)15-20)22-23(7,8)19(3,4)5/h16-18,20H,11-15H2,1-8H3/t16-,17-,18-/m0/s1. The average Bonchev–Trinajstić information content (AvgIpc) is 2.46. The van der Waals surface area contributed by atoms with Crippen LogP contribution in [-0.4, -0.2) is 39.3 Å². The molecule has 3 nitrogen and oxygen atoms in total. The topological polar surface area (TPSA) is 38.7 Å². The molecule has 0 amide bonds. The number of unbranched alkanes of at least 4 members (excludes halogenated alkanes) is 1.